The Kier molecular flexibility index (Phi) is 6.42. The molecule has 128 valence electrons. The summed E-state index contributed by atoms with van der Waals surface area (Å²) in [5.41, 5.74) is 0.0293. The predicted octanol–water partition coefficient (Wildman–Crippen LogP) is 2.32. The standard InChI is InChI=1S/C18H27NO4/c1-14(20)19-11-8-17(21)15-6-5-7-16(12-15)23-13-18(22)9-3-2-4-10-18/h5-7,12,17,21-22H,2-4,8-11,13H2,1H3,(H,19,20). The number of amides is 1. The molecule has 1 fully saturated rings. The van der Waals surface area contributed by atoms with E-state index in [-0.39, 0.29) is 5.91 Å². The molecule has 1 saturated carbocycles. The van der Waals surface area contributed by atoms with Crippen LogP contribution in [0.2, 0.25) is 0 Å². The molecule has 2 rings (SSSR count). The maximum Gasteiger partial charge on any atom is 0.216 e. The van der Waals surface area contributed by atoms with Gasteiger partial charge in [-0.1, -0.05) is 31.4 Å². The lowest BCUT2D eigenvalue weighted by atomic mass is 9.85. The van der Waals surface area contributed by atoms with Gasteiger partial charge in [0.25, 0.3) is 0 Å². The van der Waals surface area contributed by atoms with Gasteiger partial charge in [-0.2, -0.15) is 0 Å². The third-order valence-electron chi connectivity index (χ3n) is 4.33. The molecule has 1 aromatic rings. The van der Waals surface area contributed by atoms with E-state index in [4.69, 9.17) is 4.74 Å². The van der Waals surface area contributed by atoms with E-state index >= 15 is 0 Å². The molecule has 1 unspecified atom stereocenters. The van der Waals surface area contributed by atoms with Crippen LogP contribution in [-0.4, -0.2) is 34.9 Å². The van der Waals surface area contributed by atoms with Gasteiger partial charge in [-0.25, -0.2) is 0 Å². The lowest BCUT2D eigenvalue weighted by Crippen LogP contribution is -2.37. The topological polar surface area (TPSA) is 78.8 Å². The second-order valence-corrected chi connectivity index (χ2v) is 6.43. The molecule has 0 aliphatic heterocycles. The van der Waals surface area contributed by atoms with Crippen LogP contribution < -0.4 is 10.1 Å². The molecule has 5 nitrogen and oxygen atoms in total. The highest BCUT2D eigenvalue weighted by molar-refractivity contribution is 5.72. The SMILES string of the molecule is CC(=O)NCCC(O)c1cccc(OCC2(O)CCCCC2)c1. The summed E-state index contributed by atoms with van der Waals surface area (Å²) in [6, 6.07) is 7.29. The second-order valence-electron chi connectivity index (χ2n) is 6.43. The van der Waals surface area contributed by atoms with Gasteiger partial charge >= 0.3 is 0 Å². The minimum atomic E-state index is -0.724. The van der Waals surface area contributed by atoms with Crippen molar-refractivity contribution in [1.29, 1.82) is 0 Å². The van der Waals surface area contributed by atoms with Crippen molar-refractivity contribution in [2.45, 2.75) is 57.2 Å². The van der Waals surface area contributed by atoms with Crippen LogP contribution in [-0.2, 0) is 4.79 Å². The van der Waals surface area contributed by atoms with Crippen molar-refractivity contribution >= 4 is 5.91 Å². The fraction of sp³-hybridized carbons (Fsp3) is 0.611. The molecular weight excluding hydrogens is 294 g/mol. The van der Waals surface area contributed by atoms with Gasteiger partial charge in [0.2, 0.25) is 5.91 Å². The average Bonchev–Trinajstić information content (AvgIpc) is 2.54. The Morgan fingerprint density at radius 2 is 2.09 bits per heavy atom. The number of hydrogen-bond donors (Lipinski definition) is 3. The Labute approximate surface area is 137 Å². The van der Waals surface area contributed by atoms with Crippen molar-refractivity contribution in [2.75, 3.05) is 13.2 Å². The van der Waals surface area contributed by atoms with E-state index in [9.17, 15) is 15.0 Å². The van der Waals surface area contributed by atoms with Gasteiger partial charge in [-0.15, -0.1) is 0 Å². The zero-order valence-corrected chi connectivity index (χ0v) is 13.8. The number of ether oxygens (including phenoxy) is 1. The number of aliphatic hydroxyl groups is 2. The van der Waals surface area contributed by atoms with E-state index in [1.807, 2.05) is 18.2 Å². The molecular formula is C18H27NO4. The highest BCUT2D eigenvalue weighted by Gasteiger charge is 2.30. The highest BCUT2D eigenvalue weighted by atomic mass is 16.5. The average molecular weight is 321 g/mol. The maximum atomic E-state index is 10.8. The molecule has 23 heavy (non-hydrogen) atoms. The Hall–Kier alpha value is -1.59. The zero-order chi connectivity index (χ0) is 16.7. The monoisotopic (exact) mass is 321 g/mol. The van der Waals surface area contributed by atoms with Gasteiger partial charge in [0.15, 0.2) is 0 Å². The number of carbonyl (C=O) groups is 1. The van der Waals surface area contributed by atoms with E-state index in [1.165, 1.54) is 13.3 Å². The van der Waals surface area contributed by atoms with Crippen LogP contribution in [0.4, 0.5) is 0 Å². The molecule has 1 atom stereocenters. The minimum absolute atomic E-state index is 0.102. The molecule has 1 aliphatic carbocycles. The summed E-state index contributed by atoms with van der Waals surface area (Å²) in [5, 5.41) is 23.3. The van der Waals surface area contributed by atoms with E-state index in [2.05, 4.69) is 5.32 Å². The number of hydrogen-bond acceptors (Lipinski definition) is 4. The molecule has 0 bridgehead atoms. The van der Waals surface area contributed by atoms with Crippen molar-refractivity contribution in [3.8, 4) is 5.75 Å². The Morgan fingerprint density at radius 1 is 1.35 bits per heavy atom. The summed E-state index contributed by atoms with van der Waals surface area (Å²) < 4.78 is 5.75. The summed E-state index contributed by atoms with van der Waals surface area (Å²) in [5.74, 6) is 0.551. The summed E-state index contributed by atoms with van der Waals surface area (Å²) in [7, 11) is 0. The van der Waals surface area contributed by atoms with E-state index < -0.39 is 11.7 Å². The normalized spacial score (nSPS) is 18.2. The zero-order valence-electron chi connectivity index (χ0n) is 13.8. The number of benzene rings is 1. The third kappa shape index (κ3) is 5.84. The van der Waals surface area contributed by atoms with Gasteiger partial charge in [0, 0.05) is 13.5 Å². The van der Waals surface area contributed by atoms with Crippen molar-refractivity contribution in [3.63, 3.8) is 0 Å². The maximum absolute atomic E-state index is 10.8. The lowest BCUT2D eigenvalue weighted by molar-refractivity contribution is -0.119. The van der Waals surface area contributed by atoms with Crippen molar-refractivity contribution in [1.82, 2.24) is 5.32 Å². The van der Waals surface area contributed by atoms with Gasteiger partial charge in [0.05, 0.1) is 11.7 Å². The van der Waals surface area contributed by atoms with Crippen LogP contribution in [0.15, 0.2) is 24.3 Å². The largest absolute Gasteiger partial charge is 0.491 e. The first-order valence-electron chi connectivity index (χ1n) is 8.36. The van der Waals surface area contributed by atoms with E-state index in [0.29, 0.717) is 25.3 Å². The number of rotatable bonds is 7. The number of nitrogens with one attached hydrogen (secondary N) is 1. The molecule has 5 heteroatoms. The lowest BCUT2D eigenvalue weighted by Gasteiger charge is -2.31. The number of carbonyl (C=O) groups excluding carboxylic acids is 1. The molecule has 0 radical (unpaired) electrons. The summed E-state index contributed by atoms with van der Waals surface area (Å²) in [6.45, 7) is 2.18. The Bertz CT molecular complexity index is 511. The molecule has 1 aromatic carbocycles. The molecule has 1 amide bonds. The van der Waals surface area contributed by atoms with Crippen LogP contribution in [0.5, 0.6) is 5.75 Å². The first-order valence-corrected chi connectivity index (χ1v) is 8.36. The predicted molar refractivity (Wildman–Crippen MR) is 88.2 cm³/mol. The van der Waals surface area contributed by atoms with Crippen LogP contribution >= 0.6 is 0 Å². The van der Waals surface area contributed by atoms with Gasteiger partial charge in [-0.3, -0.25) is 4.79 Å². The van der Waals surface area contributed by atoms with Crippen LogP contribution in [0, 0.1) is 0 Å². The smallest absolute Gasteiger partial charge is 0.216 e. The Balaban J connectivity index is 1.87. The summed E-state index contributed by atoms with van der Waals surface area (Å²) in [4.78, 5) is 10.8. The second kappa shape index (κ2) is 8.31. The number of aliphatic hydroxyl groups excluding tert-OH is 1. The van der Waals surface area contributed by atoms with Gasteiger partial charge in [-0.05, 0) is 37.0 Å². The van der Waals surface area contributed by atoms with Crippen molar-refractivity contribution in [3.05, 3.63) is 29.8 Å². The molecule has 0 saturated heterocycles. The first kappa shape index (κ1) is 17.8. The molecule has 0 aromatic heterocycles. The molecule has 3 N–H and O–H groups in total. The van der Waals surface area contributed by atoms with Crippen LogP contribution in [0.1, 0.15) is 57.1 Å². The fourth-order valence-electron chi connectivity index (χ4n) is 2.94. The summed E-state index contributed by atoms with van der Waals surface area (Å²) >= 11 is 0. The van der Waals surface area contributed by atoms with Crippen LogP contribution in [0.3, 0.4) is 0 Å². The van der Waals surface area contributed by atoms with Crippen molar-refractivity contribution < 1.29 is 19.7 Å². The molecule has 0 spiro atoms. The van der Waals surface area contributed by atoms with Crippen molar-refractivity contribution in [2.24, 2.45) is 0 Å². The fourth-order valence-corrected chi connectivity index (χ4v) is 2.94. The Morgan fingerprint density at radius 3 is 2.78 bits per heavy atom. The van der Waals surface area contributed by atoms with Crippen LogP contribution in [0.25, 0.3) is 0 Å². The minimum Gasteiger partial charge on any atom is -0.491 e. The molecule has 1 aliphatic rings. The highest BCUT2D eigenvalue weighted by Crippen LogP contribution is 2.29. The molecule has 0 heterocycles. The van der Waals surface area contributed by atoms with Gasteiger partial charge in [0.1, 0.15) is 12.4 Å². The first-order chi connectivity index (χ1) is 11.0. The van der Waals surface area contributed by atoms with E-state index in [1.54, 1.807) is 6.07 Å². The third-order valence-corrected chi connectivity index (χ3v) is 4.33. The van der Waals surface area contributed by atoms with Gasteiger partial charge < -0.3 is 20.3 Å². The summed E-state index contributed by atoms with van der Waals surface area (Å²) in [6.07, 6.45) is 4.63. The quantitative estimate of drug-likeness (QED) is 0.720. The van der Waals surface area contributed by atoms with E-state index in [0.717, 1.165) is 31.2 Å².